The fourth-order valence-corrected chi connectivity index (χ4v) is 2.70. The first kappa shape index (κ1) is 13.3. The first-order valence-electron chi connectivity index (χ1n) is 6.64. The van der Waals surface area contributed by atoms with Gasteiger partial charge in [0.15, 0.2) is 0 Å². The SMILES string of the molecule is CN(C)C(=O)CN1CC[C@]2(CCCO2)CCC1=O. The molecule has 102 valence electrons. The number of hydrogen-bond donors (Lipinski definition) is 0. The summed E-state index contributed by atoms with van der Waals surface area (Å²) in [6.07, 6.45) is 4.30. The summed E-state index contributed by atoms with van der Waals surface area (Å²) in [7, 11) is 3.43. The molecule has 2 fully saturated rings. The average molecular weight is 254 g/mol. The van der Waals surface area contributed by atoms with Crippen molar-refractivity contribution in [3.63, 3.8) is 0 Å². The number of nitrogens with zero attached hydrogens (tertiary/aromatic N) is 2. The maximum Gasteiger partial charge on any atom is 0.241 e. The molecule has 2 heterocycles. The molecular weight excluding hydrogens is 232 g/mol. The number of carbonyl (C=O) groups excluding carboxylic acids is 2. The second-order valence-electron chi connectivity index (χ2n) is 5.49. The van der Waals surface area contributed by atoms with Gasteiger partial charge in [0, 0.05) is 33.7 Å². The van der Waals surface area contributed by atoms with Crippen LogP contribution in [0, 0.1) is 0 Å². The van der Waals surface area contributed by atoms with Crippen molar-refractivity contribution in [2.75, 3.05) is 33.8 Å². The molecule has 0 bridgehead atoms. The van der Waals surface area contributed by atoms with Crippen LogP contribution in [-0.4, -0.2) is 61.0 Å². The number of carbonyl (C=O) groups is 2. The summed E-state index contributed by atoms with van der Waals surface area (Å²) < 4.78 is 5.84. The minimum atomic E-state index is -0.0917. The summed E-state index contributed by atoms with van der Waals surface area (Å²) >= 11 is 0. The Morgan fingerprint density at radius 1 is 1.39 bits per heavy atom. The van der Waals surface area contributed by atoms with E-state index in [1.165, 1.54) is 4.90 Å². The first-order chi connectivity index (χ1) is 8.52. The van der Waals surface area contributed by atoms with Gasteiger partial charge in [0.2, 0.25) is 11.8 Å². The fraction of sp³-hybridized carbons (Fsp3) is 0.846. The molecule has 0 aromatic carbocycles. The van der Waals surface area contributed by atoms with Crippen molar-refractivity contribution in [1.29, 1.82) is 0 Å². The molecule has 0 aromatic rings. The molecule has 5 nitrogen and oxygen atoms in total. The molecule has 0 radical (unpaired) electrons. The molecule has 0 N–H and O–H groups in total. The van der Waals surface area contributed by atoms with Gasteiger partial charge in [-0.15, -0.1) is 0 Å². The summed E-state index contributed by atoms with van der Waals surface area (Å²) in [5.41, 5.74) is -0.0917. The van der Waals surface area contributed by atoms with Crippen molar-refractivity contribution >= 4 is 11.8 Å². The zero-order valence-electron chi connectivity index (χ0n) is 11.3. The minimum absolute atomic E-state index is 0.0216. The smallest absolute Gasteiger partial charge is 0.241 e. The Bertz CT molecular complexity index is 335. The van der Waals surface area contributed by atoms with Gasteiger partial charge in [0.1, 0.15) is 0 Å². The fourth-order valence-electron chi connectivity index (χ4n) is 2.70. The molecule has 0 aromatic heterocycles. The molecular formula is C13H22N2O3. The molecule has 0 saturated carbocycles. The van der Waals surface area contributed by atoms with Crippen LogP contribution in [0.3, 0.4) is 0 Å². The zero-order valence-corrected chi connectivity index (χ0v) is 11.3. The topological polar surface area (TPSA) is 49.9 Å². The Kier molecular flexibility index (Phi) is 3.90. The quantitative estimate of drug-likeness (QED) is 0.726. The molecule has 0 unspecified atom stereocenters. The van der Waals surface area contributed by atoms with Crippen LogP contribution in [0.4, 0.5) is 0 Å². The van der Waals surface area contributed by atoms with Gasteiger partial charge in [-0.25, -0.2) is 0 Å². The number of rotatable bonds is 2. The first-order valence-corrected chi connectivity index (χ1v) is 6.64. The van der Waals surface area contributed by atoms with Crippen LogP contribution in [0.1, 0.15) is 32.1 Å². The van der Waals surface area contributed by atoms with Gasteiger partial charge in [-0.2, -0.15) is 0 Å². The highest BCUT2D eigenvalue weighted by Crippen LogP contribution is 2.35. The summed E-state index contributed by atoms with van der Waals surface area (Å²) in [6.45, 7) is 1.64. The van der Waals surface area contributed by atoms with E-state index in [0.29, 0.717) is 13.0 Å². The monoisotopic (exact) mass is 254 g/mol. The third-order valence-electron chi connectivity index (χ3n) is 3.99. The lowest BCUT2D eigenvalue weighted by Gasteiger charge is -2.27. The maximum atomic E-state index is 12.0. The van der Waals surface area contributed by atoms with E-state index in [1.807, 2.05) is 0 Å². The molecule has 18 heavy (non-hydrogen) atoms. The molecule has 2 rings (SSSR count). The highest BCUT2D eigenvalue weighted by molar-refractivity contribution is 5.84. The lowest BCUT2D eigenvalue weighted by molar-refractivity contribution is -0.138. The van der Waals surface area contributed by atoms with Crippen molar-refractivity contribution in [2.24, 2.45) is 0 Å². The summed E-state index contributed by atoms with van der Waals surface area (Å²) in [5.74, 6) is 0.0595. The van der Waals surface area contributed by atoms with Crippen molar-refractivity contribution in [1.82, 2.24) is 9.80 Å². The maximum absolute atomic E-state index is 12.0. The number of amides is 2. The lowest BCUT2D eigenvalue weighted by Crippen LogP contribution is -2.40. The molecule has 0 aliphatic carbocycles. The van der Waals surface area contributed by atoms with Crippen molar-refractivity contribution < 1.29 is 14.3 Å². The van der Waals surface area contributed by atoms with Crippen LogP contribution in [0.25, 0.3) is 0 Å². The Morgan fingerprint density at radius 3 is 2.78 bits per heavy atom. The van der Waals surface area contributed by atoms with E-state index in [9.17, 15) is 9.59 Å². The summed E-state index contributed by atoms with van der Waals surface area (Å²) in [4.78, 5) is 26.9. The van der Waals surface area contributed by atoms with Crippen LogP contribution in [-0.2, 0) is 14.3 Å². The Hall–Kier alpha value is -1.10. The van der Waals surface area contributed by atoms with E-state index in [-0.39, 0.29) is 24.0 Å². The summed E-state index contributed by atoms with van der Waals surface area (Å²) in [5, 5.41) is 0. The number of likely N-dealkylation sites (tertiary alicyclic amines) is 1. The van der Waals surface area contributed by atoms with E-state index >= 15 is 0 Å². The van der Waals surface area contributed by atoms with E-state index in [2.05, 4.69) is 0 Å². The van der Waals surface area contributed by atoms with Gasteiger partial charge in [0.05, 0.1) is 12.1 Å². The van der Waals surface area contributed by atoms with Gasteiger partial charge in [-0.1, -0.05) is 0 Å². The Balaban J connectivity index is 1.97. The predicted molar refractivity (Wildman–Crippen MR) is 67.0 cm³/mol. The standard InChI is InChI=1S/C13H22N2O3/c1-14(2)12(17)10-15-8-7-13(5-3-9-18-13)6-4-11(15)16/h3-10H2,1-2H3/t13-/m0/s1. The molecule has 2 amide bonds. The van der Waals surface area contributed by atoms with Crippen LogP contribution < -0.4 is 0 Å². The predicted octanol–water partition coefficient (Wildman–Crippen LogP) is 0.636. The highest BCUT2D eigenvalue weighted by atomic mass is 16.5. The van der Waals surface area contributed by atoms with Crippen LogP contribution in [0.5, 0.6) is 0 Å². The molecule has 2 aliphatic rings. The van der Waals surface area contributed by atoms with Crippen molar-refractivity contribution in [2.45, 2.75) is 37.7 Å². The number of ether oxygens (including phenoxy) is 1. The number of hydrogen-bond acceptors (Lipinski definition) is 3. The molecule has 1 spiro atoms. The van der Waals surface area contributed by atoms with E-state index in [4.69, 9.17) is 4.74 Å². The van der Waals surface area contributed by atoms with Crippen molar-refractivity contribution in [3.8, 4) is 0 Å². The van der Waals surface area contributed by atoms with Gasteiger partial charge in [-0.3, -0.25) is 9.59 Å². The van der Waals surface area contributed by atoms with Gasteiger partial charge >= 0.3 is 0 Å². The highest BCUT2D eigenvalue weighted by Gasteiger charge is 2.38. The van der Waals surface area contributed by atoms with Gasteiger partial charge in [0.25, 0.3) is 0 Å². The average Bonchev–Trinajstić information content (AvgIpc) is 2.74. The summed E-state index contributed by atoms with van der Waals surface area (Å²) in [6, 6.07) is 0. The Labute approximate surface area is 108 Å². The van der Waals surface area contributed by atoms with Gasteiger partial charge in [-0.05, 0) is 25.7 Å². The van der Waals surface area contributed by atoms with E-state index in [0.717, 1.165) is 32.3 Å². The molecule has 2 aliphatic heterocycles. The second kappa shape index (κ2) is 5.26. The van der Waals surface area contributed by atoms with Gasteiger partial charge < -0.3 is 14.5 Å². The minimum Gasteiger partial charge on any atom is -0.375 e. The number of likely N-dealkylation sites (N-methyl/N-ethyl adjacent to an activating group) is 1. The lowest BCUT2D eigenvalue weighted by atomic mass is 9.92. The third kappa shape index (κ3) is 2.83. The molecule has 2 saturated heterocycles. The normalized spacial score (nSPS) is 28.6. The molecule has 1 atom stereocenters. The van der Waals surface area contributed by atoms with Crippen LogP contribution >= 0.6 is 0 Å². The Morgan fingerprint density at radius 2 is 2.17 bits per heavy atom. The largest absolute Gasteiger partial charge is 0.375 e. The third-order valence-corrected chi connectivity index (χ3v) is 3.99. The van der Waals surface area contributed by atoms with Crippen molar-refractivity contribution in [3.05, 3.63) is 0 Å². The second-order valence-corrected chi connectivity index (χ2v) is 5.49. The van der Waals surface area contributed by atoms with E-state index in [1.54, 1.807) is 19.0 Å². The zero-order chi connectivity index (χ0) is 13.2. The van der Waals surface area contributed by atoms with Crippen LogP contribution in [0.2, 0.25) is 0 Å². The van der Waals surface area contributed by atoms with Crippen LogP contribution in [0.15, 0.2) is 0 Å². The van der Waals surface area contributed by atoms with E-state index < -0.39 is 0 Å². The molecule has 5 heteroatoms.